The first-order chi connectivity index (χ1) is 15.5. The number of aryl methyl sites for hydroxylation is 1. The zero-order chi connectivity index (χ0) is 22.7. The molecule has 4 aromatic rings. The number of rotatable bonds is 8. The van der Waals surface area contributed by atoms with Gasteiger partial charge in [0.15, 0.2) is 5.65 Å². The smallest absolute Gasteiger partial charge is 0.252 e. The van der Waals surface area contributed by atoms with Gasteiger partial charge in [0.1, 0.15) is 17.2 Å². The number of methoxy groups -OCH3 is 3. The number of hydrogen-bond acceptors (Lipinski definition) is 7. The number of pyridine rings is 1. The number of nitrogens with zero attached hydrogens (tertiary/aromatic N) is 3. The van der Waals surface area contributed by atoms with Crippen LogP contribution in [0.3, 0.4) is 0 Å². The van der Waals surface area contributed by atoms with E-state index in [0.717, 1.165) is 11.3 Å². The van der Waals surface area contributed by atoms with Crippen LogP contribution >= 0.6 is 11.3 Å². The average molecular weight is 453 g/mol. The minimum Gasteiger partial charge on any atom is -0.496 e. The molecular formula is C23H24N4O4S. The molecule has 3 heterocycles. The molecule has 0 saturated heterocycles. The number of aromatic nitrogens is 3. The molecule has 4 rings (SSSR count). The Morgan fingerprint density at radius 1 is 1.12 bits per heavy atom. The summed E-state index contributed by atoms with van der Waals surface area (Å²) >= 11 is 1.66. The molecule has 0 unspecified atom stereocenters. The maximum Gasteiger partial charge on any atom is 0.252 e. The number of hydrogen-bond donors (Lipinski definition) is 1. The Balaban J connectivity index is 1.62. The van der Waals surface area contributed by atoms with Crippen LogP contribution in [0, 0.1) is 6.92 Å². The number of thiophene rings is 1. The van der Waals surface area contributed by atoms with Gasteiger partial charge in [-0.1, -0.05) is 6.07 Å². The van der Waals surface area contributed by atoms with Crippen LogP contribution in [0.5, 0.6) is 17.2 Å². The van der Waals surface area contributed by atoms with Gasteiger partial charge in [0, 0.05) is 22.7 Å². The Hall–Kier alpha value is -3.59. The highest BCUT2D eigenvalue weighted by Crippen LogP contribution is 2.34. The van der Waals surface area contributed by atoms with Gasteiger partial charge >= 0.3 is 0 Å². The topological polar surface area (TPSA) is 87.5 Å². The summed E-state index contributed by atoms with van der Waals surface area (Å²) in [6.45, 7) is 2.70. The van der Waals surface area contributed by atoms with Crippen LogP contribution in [0.1, 0.15) is 26.5 Å². The van der Waals surface area contributed by atoms with Crippen molar-refractivity contribution in [3.8, 4) is 17.2 Å². The zero-order valence-electron chi connectivity index (χ0n) is 18.3. The van der Waals surface area contributed by atoms with Crippen molar-refractivity contribution in [3.63, 3.8) is 0 Å². The van der Waals surface area contributed by atoms with Crippen molar-refractivity contribution in [1.82, 2.24) is 20.1 Å². The fourth-order valence-corrected chi connectivity index (χ4v) is 4.23. The van der Waals surface area contributed by atoms with Crippen molar-refractivity contribution in [2.24, 2.45) is 0 Å². The van der Waals surface area contributed by atoms with Crippen molar-refractivity contribution in [2.45, 2.75) is 20.0 Å². The van der Waals surface area contributed by atoms with Gasteiger partial charge in [-0.25, -0.2) is 9.67 Å². The first-order valence-electron chi connectivity index (χ1n) is 9.96. The highest BCUT2D eigenvalue weighted by molar-refractivity contribution is 7.09. The number of fused-ring (bicyclic) bond motifs is 1. The van der Waals surface area contributed by atoms with Crippen LogP contribution in [0.15, 0.2) is 41.9 Å². The number of ether oxygens (including phenoxy) is 3. The Bertz CT molecular complexity index is 1230. The van der Waals surface area contributed by atoms with Crippen molar-refractivity contribution < 1.29 is 19.0 Å². The quantitative estimate of drug-likeness (QED) is 0.438. The molecular weight excluding hydrogens is 428 g/mol. The fraction of sp³-hybridized carbons (Fsp3) is 0.261. The SMILES string of the molecule is COc1cc(OC)c(CNC(=O)c2cc(C)nc3c2cnn3Cc2cccs2)c(OC)c1. The first kappa shape index (κ1) is 21.6. The molecule has 0 aliphatic rings. The lowest BCUT2D eigenvalue weighted by Gasteiger charge is -2.16. The molecule has 166 valence electrons. The van der Waals surface area contributed by atoms with Crippen molar-refractivity contribution >= 4 is 28.3 Å². The summed E-state index contributed by atoms with van der Waals surface area (Å²) in [5.41, 5.74) is 2.68. The summed E-state index contributed by atoms with van der Waals surface area (Å²) in [4.78, 5) is 18.9. The van der Waals surface area contributed by atoms with E-state index in [1.165, 1.54) is 4.88 Å². The zero-order valence-corrected chi connectivity index (χ0v) is 19.2. The fourth-order valence-electron chi connectivity index (χ4n) is 3.54. The third-order valence-electron chi connectivity index (χ3n) is 5.11. The van der Waals surface area contributed by atoms with E-state index in [4.69, 9.17) is 14.2 Å². The van der Waals surface area contributed by atoms with E-state index in [9.17, 15) is 4.79 Å². The molecule has 3 aromatic heterocycles. The molecule has 0 bridgehead atoms. The molecule has 0 aliphatic heterocycles. The molecule has 1 aromatic carbocycles. The van der Waals surface area contributed by atoms with Crippen LogP contribution in [0.4, 0.5) is 0 Å². The maximum absolute atomic E-state index is 13.2. The predicted octanol–water partition coefficient (Wildman–Crippen LogP) is 3.81. The van der Waals surface area contributed by atoms with E-state index in [2.05, 4.69) is 21.5 Å². The van der Waals surface area contributed by atoms with Gasteiger partial charge in [0.05, 0.1) is 57.1 Å². The second-order valence-electron chi connectivity index (χ2n) is 7.12. The lowest BCUT2D eigenvalue weighted by Crippen LogP contribution is -2.24. The normalized spacial score (nSPS) is 10.9. The van der Waals surface area contributed by atoms with E-state index < -0.39 is 0 Å². The molecule has 0 fully saturated rings. The van der Waals surface area contributed by atoms with Crippen LogP contribution in [-0.2, 0) is 13.1 Å². The summed E-state index contributed by atoms with van der Waals surface area (Å²) in [5.74, 6) is 1.53. The third kappa shape index (κ3) is 4.24. The van der Waals surface area contributed by atoms with Crippen molar-refractivity contribution in [3.05, 3.63) is 63.6 Å². The van der Waals surface area contributed by atoms with E-state index in [-0.39, 0.29) is 12.5 Å². The standard InChI is InChI=1S/C23H24N4O4S/c1-14-8-17(18-12-25-27(22(18)26-14)13-16-6-5-7-32-16)23(28)24-11-19-20(30-3)9-15(29-2)10-21(19)31-4/h5-10,12H,11,13H2,1-4H3,(H,24,28). The molecule has 0 saturated carbocycles. The lowest BCUT2D eigenvalue weighted by atomic mass is 10.1. The summed E-state index contributed by atoms with van der Waals surface area (Å²) in [6, 6.07) is 9.35. The monoisotopic (exact) mass is 452 g/mol. The number of carbonyl (C=O) groups is 1. The van der Waals surface area contributed by atoms with Crippen LogP contribution < -0.4 is 19.5 Å². The largest absolute Gasteiger partial charge is 0.496 e. The van der Waals surface area contributed by atoms with Crippen molar-refractivity contribution in [1.29, 1.82) is 0 Å². The van der Waals surface area contributed by atoms with Gasteiger partial charge in [-0.3, -0.25) is 4.79 Å². The highest BCUT2D eigenvalue weighted by Gasteiger charge is 2.18. The molecule has 0 aliphatic carbocycles. The van der Waals surface area contributed by atoms with E-state index in [1.807, 2.05) is 23.1 Å². The second-order valence-corrected chi connectivity index (χ2v) is 8.16. The van der Waals surface area contributed by atoms with Gasteiger partial charge in [0.2, 0.25) is 0 Å². The Morgan fingerprint density at radius 3 is 2.50 bits per heavy atom. The van der Waals surface area contributed by atoms with E-state index in [0.29, 0.717) is 40.4 Å². The Kier molecular flexibility index (Phi) is 6.27. The van der Waals surface area contributed by atoms with Crippen LogP contribution in [0.2, 0.25) is 0 Å². The Labute approximate surface area is 189 Å². The van der Waals surface area contributed by atoms with Gasteiger partial charge < -0.3 is 19.5 Å². The predicted molar refractivity (Wildman–Crippen MR) is 123 cm³/mol. The van der Waals surface area contributed by atoms with Gasteiger partial charge in [-0.15, -0.1) is 11.3 Å². The van der Waals surface area contributed by atoms with Gasteiger partial charge in [0.25, 0.3) is 5.91 Å². The molecule has 0 radical (unpaired) electrons. The number of nitrogens with one attached hydrogen (secondary N) is 1. The van der Waals surface area contributed by atoms with Gasteiger partial charge in [-0.2, -0.15) is 5.10 Å². The first-order valence-corrected chi connectivity index (χ1v) is 10.8. The Morgan fingerprint density at radius 2 is 1.88 bits per heavy atom. The number of carbonyl (C=O) groups excluding carboxylic acids is 1. The summed E-state index contributed by atoms with van der Waals surface area (Å²) in [7, 11) is 4.71. The number of benzene rings is 1. The van der Waals surface area contributed by atoms with E-state index >= 15 is 0 Å². The summed E-state index contributed by atoms with van der Waals surface area (Å²) < 4.78 is 18.1. The van der Waals surface area contributed by atoms with E-state index in [1.54, 1.807) is 57.1 Å². The molecule has 8 nitrogen and oxygen atoms in total. The van der Waals surface area contributed by atoms with Crippen LogP contribution in [0.25, 0.3) is 11.0 Å². The minimum atomic E-state index is -0.226. The minimum absolute atomic E-state index is 0.224. The highest BCUT2D eigenvalue weighted by atomic mass is 32.1. The number of amides is 1. The van der Waals surface area contributed by atoms with Gasteiger partial charge in [-0.05, 0) is 24.4 Å². The van der Waals surface area contributed by atoms with Crippen molar-refractivity contribution in [2.75, 3.05) is 21.3 Å². The maximum atomic E-state index is 13.2. The molecule has 0 atom stereocenters. The second kappa shape index (κ2) is 9.27. The molecule has 32 heavy (non-hydrogen) atoms. The van der Waals surface area contributed by atoms with Crippen LogP contribution in [-0.4, -0.2) is 42.0 Å². The molecule has 0 spiro atoms. The third-order valence-corrected chi connectivity index (χ3v) is 5.97. The summed E-state index contributed by atoms with van der Waals surface area (Å²) in [5, 5.41) is 10.2. The lowest BCUT2D eigenvalue weighted by molar-refractivity contribution is 0.0952. The summed E-state index contributed by atoms with van der Waals surface area (Å²) in [6.07, 6.45) is 1.69. The molecule has 9 heteroatoms. The average Bonchev–Trinajstić information content (AvgIpc) is 3.46. The molecule has 1 amide bonds. The molecule has 1 N–H and O–H groups in total.